The predicted octanol–water partition coefficient (Wildman–Crippen LogP) is 1.30. The number of benzene rings is 1. The van der Waals surface area contributed by atoms with Gasteiger partial charge in [0.2, 0.25) is 10.0 Å². The molecule has 0 spiro atoms. The number of nitrogen functional groups attached to an aromatic ring is 1. The molecular formula is C11H18N2O2S. The summed E-state index contributed by atoms with van der Waals surface area (Å²) >= 11 is 0. The van der Waals surface area contributed by atoms with E-state index in [0.717, 1.165) is 12.0 Å². The summed E-state index contributed by atoms with van der Waals surface area (Å²) in [5.74, 6) is 0. The summed E-state index contributed by atoms with van der Waals surface area (Å²) in [6, 6.07) is 3.54. The number of nitrogens with one attached hydrogen (secondary N) is 1. The van der Waals surface area contributed by atoms with Crippen LogP contribution in [0.25, 0.3) is 0 Å². The van der Waals surface area contributed by atoms with E-state index in [2.05, 4.69) is 4.72 Å². The third-order valence-corrected chi connectivity index (χ3v) is 4.10. The number of anilines is 1. The maximum atomic E-state index is 11.8. The molecule has 0 aliphatic carbocycles. The third kappa shape index (κ3) is 2.36. The highest BCUT2D eigenvalue weighted by molar-refractivity contribution is 7.89. The number of aryl methyl sites for hydroxylation is 1. The zero-order chi connectivity index (χ0) is 12.3. The van der Waals surface area contributed by atoms with Gasteiger partial charge in [-0.3, -0.25) is 0 Å². The Kier molecular flexibility index (Phi) is 3.93. The third-order valence-electron chi connectivity index (χ3n) is 2.62. The van der Waals surface area contributed by atoms with E-state index >= 15 is 0 Å². The second kappa shape index (κ2) is 4.84. The highest BCUT2D eigenvalue weighted by atomic mass is 32.2. The van der Waals surface area contributed by atoms with Gasteiger partial charge in [-0.05, 0) is 43.1 Å². The van der Waals surface area contributed by atoms with E-state index in [1.54, 1.807) is 6.07 Å². The summed E-state index contributed by atoms with van der Waals surface area (Å²) < 4.78 is 26.0. The molecule has 0 bridgehead atoms. The molecule has 0 saturated heterocycles. The molecular weight excluding hydrogens is 224 g/mol. The van der Waals surface area contributed by atoms with Crippen LogP contribution in [-0.4, -0.2) is 15.5 Å². The van der Waals surface area contributed by atoms with Gasteiger partial charge in [-0.15, -0.1) is 0 Å². The van der Waals surface area contributed by atoms with Crippen molar-refractivity contribution < 1.29 is 8.42 Å². The molecule has 1 rings (SSSR count). The average molecular weight is 242 g/mol. The molecule has 0 fully saturated rings. The van der Waals surface area contributed by atoms with Crippen LogP contribution in [0.15, 0.2) is 17.0 Å². The van der Waals surface area contributed by atoms with Crippen molar-refractivity contribution in [3.8, 4) is 0 Å². The monoisotopic (exact) mass is 242 g/mol. The zero-order valence-electron chi connectivity index (χ0n) is 9.87. The van der Waals surface area contributed by atoms with Crippen LogP contribution in [0.4, 0.5) is 5.69 Å². The Morgan fingerprint density at radius 2 is 1.88 bits per heavy atom. The van der Waals surface area contributed by atoms with Crippen LogP contribution in [0, 0.1) is 0 Å². The van der Waals surface area contributed by atoms with Gasteiger partial charge in [-0.1, -0.05) is 13.8 Å². The molecule has 0 aliphatic rings. The van der Waals surface area contributed by atoms with Gasteiger partial charge in [0.15, 0.2) is 0 Å². The molecule has 0 aliphatic heterocycles. The molecule has 0 saturated carbocycles. The SMILES string of the molecule is CCc1cc(N)c(CC)c(S(=O)(=O)NC)c1. The second-order valence-electron chi connectivity index (χ2n) is 3.58. The summed E-state index contributed by atoms with van der Waals surface area (Å²) in [5.41, 5.74) is 8.04. The number of hydrogen-bond donors (Lipinski definition) is 2. The van der Waals surface area contributed by atoms with E-state index in [0.29, 0.717) is 22.6 Å². The lowest BCUT2D eigenvalue weighted by atomic mass is 10.1. The van der Waals surface area contributed by atoms with E-state index in [-0.39, 0.29) is 0 Å². The average Bonchev–Trinajstić information content (AvgIpc) is 2.27. The van der Waals surface area contributed by atoms with Crippen LogP contribution in [0.3, 0.4) is 0 Å². The molecule has 0 atom stereocenters. The number of sulfonamides is 1. The van der Waals surface area contributed by atoms with Crippen molar-refractivity contribution in [3.05, 3.63) is 23.3 Å². The van der Waals surface area contributed by atoms with Crippen molar-refractivity contribution in [1.29, 1.82) is 0 Å². The quantitative estimate of drug-likeness (QED) is 0.782. The molecule has 90 valence electrons. The first-order valence-corrected chi connectivity index (χ1v) is 6.79. The fourth-order valence-electron chi connectivity index (χ4n) is 1.66. The molecule has 0 aromatic heterocycles. The van der Waals surface area contributed by atoms with E-state index in [9.17, 15) is 8.42 Å². The van der Waals surface area contributed by atoms with E-state index < -0.39 is 10.0 Å². The lowest BCUT2D eigenvalue weighted by Gasteiger charge is -2.13. The standard InChI is InChI=1S/C11H18N2O2S/c1-4-8-6-10(12)9(5-2)11(7-8)16(14,15)13-3/h6-7,13H,4-5,12H2,1-3H3. The Balaban J connectivity index is 3.52. The van der Waals surface area contributed by atoms with Gasteiger partial charge < -0.3 is 5.73 Å². The molecule has 0 unspecified atom stereocenters. The Hall–Kier alpha value is -1.07. The number of nitrogens with two attached hydrogens (primary N) is 1. The molecule has 0 amide bonds. The van der Waals surface area contributed by atoms with Gasteiger partial charge in [-0.25, -0.2) is 13.1 Å². The predicted molar refractivity (Wildman–Crippen MR) is 65.9 cm³/mol. The number of rotatable bonds is 4. The second-order valence-corrected chi connectivity index (χ2v) is 5.43. The van der Waals surface area contributed by atoms with E-state index in [1.807, 2.05) is 19.9 Å². The van der Waals surface area contributed by atoms with Gasteiger partial charge >= 0.3 is 0 Å². The Labute approximate surface area is 96.9 Å². The van der Waals surface area contributed by atoms with Crippen LogP contribution in [-0.2, 0) is 22.9 Å². The molecule has 0 radical (unpaired) electrons. The summed E-state index contributed by atoms with van der Waals surface area (Å²) in [7, 11) is -2.02. The summed E-state index contributed by atoms with van der Waals surface area (Å²) in [4.78, 5) is 0.300. The van der Waals surface area contributed by atoms with Crippen LogP contribution in [0.2, 0.25) is 0 Å². The fourth-order valence-corrected chi connectivity index (χ4v) is 2.77. The van der Waals surface area contributed by atoms with Crippen molar-refractivity contribution in [2.75, 3.05) is 12.8 Å². The first-order chi connectivity index (χ1) is 7.46. The summed E-state index contributed by atoms with van der Waals surface area (Å²) in [6.45, 7) is 3.86. The maximum Gasteiger partial charge on any atom is 0.240 e. The van der Waals surface area contributed by atoms with Gasteiger partial charge in [0, 0.05) is 5.69 Å². The van der Waals surface area contributed by atoms with E-state index in [4.69, 9.17) is 5.73 Å². The van der Waals surface area contributed by atoms with Gasteiger partial charge in [-0.2, -0.15) is 0 Å². The Morgan fingerprint density at radius 1 is 1.25 bits per heavy atom. The molecule has 3 N–H and O–H groups in total. The zero-order valence-corrected chi connectivity index (χ0v) is 10.7. The summed E-state index contributed by atoms with van der Waals surface area (Å²) in [5, 5.41) is 0. The van der Waals surface area contributed by atoms with Crippen LogP contribution < -0.4 is 10.5 Å². The smallest absolute Gasteiger partial charge is 0.240 e. The molecule has 5 heteroatoms. The largest absolute Gasteiger partial charge is 0.398 e. The molecule has 0 heterocycles. The highest BCUT2D eigenvalue weighted by Crippen LogP contribution is 2.24. The van der Waals surface area contributed by atoms with Crippen LogP contribution in [0.5, 0.6) is 0 Å². The van der Waals surface area contributed by atoms with Crippen molar-refractivity contribution in [3.63, 3.8) is 0 Å². The van der Waals surface area contributed by atoms with Crippen LogP contribution >= 0.6 is 0 Å². The summed E-state index contributed by atoms with van der Waals surface area (Å²) in [6.07, 6.45) is 1.37. The van der Waals surface area contributed by atoms with Crippen molar-refractivity contribution in [2.24, 2.45) is 0 Å². The normalized spacial score (nSPS) is 11.7. The minimum Gasteiger partial charge on any atom is -0.398 e. The molecule has 1 aromatic rings. The first kappa shape index (κ1) is 13.0. The Morgan fingerprint density at radius 3 is 2.31 bits per heavy atom. The molecule has 1 aromatic carbocycles. The van der Waals surface area contributed by atoms with Gasteiger partial charge in [0.1, 0.15) is 0 Å². The lowest BCUT2D eigenvalue weighted by molar-refractivity contribution is 0.587. The van der Waals surface area contributed by atoms with Gasteiger partial charge in [0.25, 0.3) is 0 Å². The maximum absolute atomic E-state index is 11.8. The van der Waals surface area contributed by atoms with Crippen molar-refractivity contribution in [2.45, 2.75) is 31.6 Å². The highest BCUT2D eigenvalue weighted by Gasteiger charge is 2.18. The topological polar surface area (TPSA) is 72.2 Å². The lowest BCUT2D eigenvalue weighted by Crippen LogP contribution is -2.21. The minimum atomic E-state index is -3.43. The Bertz CT molecular complexity index is 481. The molecule has 16 heavy (non-hydrogen) atoms. The van der Waals surface area contributed by atoms with Crippen molar-refractivity contribution >= 4 is 15.7 Å². The molecule has 4 nitrogen and oxygen atoms in total. The first-order valence-electron chi connectivity index (χ1n) is 5.31. The minimum absolute atomic E-state index is 0.300. The van der Waals surface area contributed by atoms with Crippen molar-refractivity contribution in [1.82, 2.24) is 4.72 Å². The number of hydrogen-bond acceptors (Lipinski definition) is 3. The van der Waals surface area contributed by atoms with Gasteiger partial charge in [0.05, 0.1) is 4.90 Å². The fraction of sp³-hybridized carbons (Fsp3) is 0.455. The van der Waals surface area contributed by atoms with Crippen LogP contribution in [0.1, 0.15) is 25.0 Å². The van der Waals surface area contributed by atoms with E-state index in [1.165, 1.54) is 7.05 Å².